The number of amidine groups is 1. The molecule has 2 heterocycles. The van der Waals surface area contributed by atoms with Gasteiger partial charge in [0, 0.05) is 23.2 Å². The Bertz CT molecular complexity index is 1140. The number of thiazole rings is 1. The van der Waals surface area contributed by atoms with Crippen molar-refractivity contribution < 1.29 is 19.4 Å². The Labute approximate surface area is 190 Å². The van der Waals surface area contributed by atoms with Crippen molar-refractivity contribution in [3.05, 3.63) is 76.3 Å². The molecule has 0 saturated heterocycles. The number of hydrogen-bond acceptors (Lipinski definition) is 7. The van der Waals surface area contributed by atoms with E-state index in [0.29, 0.717) is 35.0 Å². The lowest BCUT2D eigenvalue weighted by Gasteiger charge is -2.18. The van der Waals surface area contributed by atoms with Crippen LogP contribution in [0.2, 0.25) is 0 Å². The van der Waals surface area contributed by atoms with Gasteiger partial charge in [0.25, 0.3) is 0 Å². The zero-order valence-corrected chi connectivity index (χ0v) is 18.4. The minimum absolute atomic E-state index is 0.100. The van der Waals surface area contributed by atoms with Gasteiger partial charge in [-0.05, 0) is 31.2 Å². The van der Waals surface area contributed by atoms with Crippen molar-refractivity contribution in [3.8, 4) is 11.3 Å². The van der Waals surface area contributed by atoms with E-state index in [-0.39, 0.29) is 24.7 Å². The molecule has 1 aliphatic rings. The first-order chi connectivity index (χ1) is 15.6. The topological polar surface area (TPSA) is 95.7 Å². The molecule has 2 N–H and O–H groups in total. The number of hydrogen-bond donors (Lipinski definition) is 2. The Hall–Kier alpha value is -3.49. The number of carbonyl (C=O) groups excluding carboxylic acids is 1. The van der Waals surface area contributed by atoms with Crippen LogP contribution in [0.4, 0.5) is 5.69 Å². The van der Waals surface area contributed by atoms with Crippen molar-refractivity contribution in [2.24, 2.45) is 0 Å². The number of ether oxygens (including phenoxy) is 2. The Morgan fingerprint density at radius 3 is 2.62 bits per heavy atom. The van der Waals surface area contributed by atoms with Gasteiger partial charge in [-0.1, -0.05) is 30.3 Å². The summed E-state index contributed by atoms with van der Waals surface area (Å²) in [5.41, 5.74) is 3.34. The molecule has 0 amide bonds. The number of aliphatic hydroxyl groups is 1. The van der Waals surface area contributed by atoms with Crippen LogP contribution in [0.15, 0.2) is 65.7 Å². The molecule has 8 heteroatoms. The average Bonchev–Trinajstić information content (AvgIpc) is 3.41. The molecule has 1 aliphatic heterocycles. The lowest BCUT2D eigenvalue weighted by Crippen LogP contribution is -2.26. The highest BCUT2D eigenvalue weighted by atomic mass is 32.1. The van der Waals surface area contributed by atoms with Crippen LogP contribution < -0.4 is 4.90 Å². The summed E-state index contributed by atoms with van der Waals surface area (Å²) in [6, 6.07) is 16.6. The van der Waals surface area contributed by atoms with E-state index >= 15 is 0 Å². The van der Waals surface area contributed by atoms with Gasteiger partial charge in [-0.2, -0.15) is 0 Å². The third kappa shape index (κ3) is 4.56. The van der Waals surface area contributed by atoms with Crippen LogP contribution in [0, 0.1) is 5.41 Å². The van der Waals surface area contributed by atoms with Gasteiger partial charge >= 0.3 is 5.97 Å². The second kappa shape index (κ2) is 9.76. The van der Waals surface area contributed by atoms with Crippen molar-refractivity contribution >= 4 is 34.4 Å². The molecule has 164 valence electrons. The van der Waals surface area contributed by atoms with Crippen LogP contribution in [0.3, 0.4) is 0 Å². The molecule has 2 aromatic carbocycles. The summed E-state index contributed by atoms with van der Waals surface area (Å²) in [4.78, 5) is 18.4. The van der Waals surface area contributed by atoms with Crippen LogP contribution in [0.25, 0.3) is 16.8 Å². The Morgan fingerprint density at radius 2 is 1.91 bits per heavy atom. The number of anilines is 1. The van der Waals surface area contributed by atoms with Gasteiger partial charge < -0.3 is 19.5 Å². The second-order valence-electron chi connectivity index (χ2n) is 7.04. The summed E-state index contributed by atoms with van der Waals surface area (Å²) in [6.45, 7) is 3.19. The Morgan fingerprint density at radius 1 is 1.16 bits per heavy atom. The van der Waals surface area contributed by atoms with Crippen molar-refractivity contribution in [2.75, 3.05) is 31.3 Å². The predicted molar refractivity (Wildman–Crippen MR) is 125 cm³/mol. The minimum Gasteiger partial charge on any atom is -0.510 e. The van der Waals surface area contributed by atoms with Gasteiger partial charge in [-0.3, -0.25) is 5.41 Å². The third-order valence-corrected chi connectivity index (χ3v) is 5.83. The molecule has 0 bridgehead atoms. The summed E-state index contributed by atoms with van der Waals surface area (Å²) in [7, 11) is 0. The molecule has 7 nitrogen and oxygen atoms in total. The molecule has 0 spiro atoms. The number of aromatic nitrogens is 1. The second-order valence-corrected chi connectivity index (χ2v) is 7.90. The molecule has 0 radical (unpaired) electrons. The molecular weight excluding hydrogens is 426 g/mol. The van der Waals surface area contributed by atoms with Gasteiger partial charge in [-0.15, -0.1) is 11.3 Å². The van der Waals surface area contributed by atoms with E-state index < -0.39 is 5.97 Å². The summed E-state index contributed by atoms with van der Waals surface area (Å²) < 4.78 is 10.3. The van der Waals surface area contributed by atoms with E-state index in [0.717, 1.165) is 11.3 Å². The predicted octanol–water partition coefficient (Wildman–Crippen LogP) is 4.77. The summed E-state index contributed by atoms with van der Waals surface area (Å²) in [6.07, 6.45) is 0. The lowest BCUT2D eigenvalue weighted by molar-refractivity contribution is 0.0335. The zero-order chi connectivity index (χ0) is 22.5. The highest BCUT2D eigenvalue weighted by molar-refractivity contribution is 7.11. The number of rotatable bonds is 8. The molecule has 4 rings (SSSR count). The van der Waals surface area contributed by atoms with Crippen LogP contribution in [0.5, 0.6) is 0 Å². The Balaban J connectivity index is 1.45. The van der Waals surface area contributed by atoms with E-state index in [1.54, 1.807) is 29.2 Å². The lowest BCUT2D eigenvalue weighted by atomic mass is 10.2. The fourth-order valence-electron chi connectivity index (χ4n) is 3.35. The number of benzene rings is 2. The largest absolute Gasteiger partial charge is 0.510 e. The fourth-order valence-corrected chi connectivity index (χ4v) is 4.25. The maximum Gasteiger partial charge on any atom is 0.338 e. The maximum atomic E-state index is 12.1. The number of aliphatic hydroxyl groups excluding tert-OH is 1. The number of carbonyl (C=O) groups is 1. The SMILES string of the molecule is CCOCCOC(=O)c1ccc(N2CC(O)=C(c3nc(-c4ccccc4)cs3)C2=N)cc1. The summed E-state index contributed by atoms with van der Waals surface area (Å²) in [5, 5.41) is 21.7. The van der Waals surface area contributed by atoms with Crippen LogP contribution in [-0.4, -0.2) is 48.3 Å². The first-order valence-corrected chi connectivity index (χ1v) is 11.1. The van der Waals surface area contributed by atoms with Gasteiger partial charge in [0.05, 0.1) is 30.0 Å². The summed E-state index contributed by atoms with van der Waals surface area (Å²) in [5.74, 6) is -0.155. The average molecular weight is 450 g/mol. The van der Waals surface area contributed by atoms with Crippen LogP contribution in [-0.2, 0) is 9.47 Å². The van der Waals surface area contributed by atoms with E-state index in [2.05, 4.69) is 4.98 Å². The molecule has 3 aromatic rings. The van der Waals surface area contributed by atoms with E-state index in [1.807, 2.05) is 42.6 Å². The first-order valence-electron chi connectivity index (χ1n) is 10.2. The molecule has 0 aliphatic carbocycles. The highest BCUT2D eigenvalue weighted by Gasteiger charge is 2.31. The van der Waals surface area contributed by atoms with Crippen molar-refractivity contribution in [1.82, 2.24) is 4.98 Å². The van der Waals surface area contributed by atoms with Crippen LogP contribution >= 0.6 is 11.3 Å². The van der Waals surface area contributed by atoms with Crippen LogP contribution in [0.1, 0.15) is 22.3 Å². The molecule has 32 heavy (non-hydrogen) atoms. The van der Waals surface area contributed by atoms with Gasteiger partial charge in [0.15, 0.2) is 0 Å². The van der Waals surface area contributed by atoms with E-state index in [9.17, 15) is 9.90 Å². The monoisotopic (exact) mass is 449 g/mol. The molecule has 0 fully saturated rings. The zero-order valence-electron chi connectivity index (χ0n) is 17.6. The maximum absolute atomic E-state index is 12.1. The minimum atomic E-state index is -0.425. The van der Waals surface area contributed by atoms with E-state index in [4.69, 9.17) is 14.9 Å². The van der Waals surface area contributed by atoms with Gasteiger partial charge in [-0.25, -0.2) is 9.78 Å². The normalized spacial score (nSPS) is 13.7. The molecular formula is C24H23N3O4S. The standard InChI is InChI=1S/C24H23N3O4S/c1-2-30-12-13-31-24(29)17-8-10-18(11-9-17)27-14-20(28)21(22(27)25)23-26-19(15-32-23)16-6-4-3-5-7-16/h3-11,15,25,28H,2,12-14H2,1H3. The van der Waals surface area contributed by atoms with Crippen molar-refractivity contribution in [1.29, 1.82) is 5.41 Å². The van der Waals surface area contributed by atoms with Gasteiger partial charge in [0.1, 0.15) is 23.2 Å². The first kappa shape index (κ1) is 21.7. The quantitative estimate of drug-likeness (QED) is 0.380. The van der Waals surface area contributed by atoms with Crippen molar-refractivity contribution in [2.45, 2.75) is 6.92 Å². The molecule has 1 aromatic heterocycles. The number of nitrogens with zero attached hydrogens (tertiary/aromatic N) is 2. The van der Waals surface area contributed by atoms with Crippen molar-refractivity contribution in [3.63, 3.8) is 0 Å². The van der Waals surface area contributed by atoms with Gasteiger partial charge in [0.2, 0.25) is 0 Å². The highest BCUT2D eigenvalue weighted by Crippen LogP contribution is 2.34. The third-order valence-electron chi connectivity index (χ3n) is 4.97. The summed E-state index contributed by atoms with van der Waals surface area (Å²) >= 11 is 1.40. The number of esters is 1. The fraction of sp³-hybridized carbons (Fsp3) is 0.208. The molecule has 0 atom stereocenters. The Kier molecular flexibility index (Phi) is 6.63. The molecule has 0 unspecified atom stereocenters. The van der Waals surface area contributed by atoms with E-state index in [1.165, 1.54) is 11.3 Å². The molecule has 0 saturated carbocycles. The number of nitrogens with one attached hydrogen (secondary N) is 1. The smallest absolute Gasteiger partial charge is 0.338 e.